The highest BCUT2D eigenvalue weighted by Gasteiger charge is 2.34. The lowest BCUT2D eigenvalue weighted by molar-refractivity contribution is -0.137. The summed E-state index contributed by atoms with van der Waals surface area (Å²) >= 11 is 0. The number of carboxylic acids is 1. The number of unbranched alkanes of at least 4 members (excludes halogenated alkanes) is 15. The van der Waals surface area contributed by atoms with Gasteiger partial charge in [-0.25, -0.2) is 0 Å². The van der Waals surface area contributed by atoms with E-state index in [1.165, 1.54) is 135 Å². The molecule has 0 bridgehead atoms. The van der Waals surface area contributed by atoms with Gasteiger partial charge >= 0.3 is 5.97 Å². The molecule has 2 heteroatoms. The second kappa shape index (κ2) is 25.0. The summed E-state index contributed by atoms with van der Waals surface area (Å²) in [7, 11) is 0. The first-order valence-electron chi connectivity index (χ1n) is 17.2. The molecule has 0 saturated carbocycles. The molecule has 0 amide bonds. The van der Waals surface area contributed by atoms with Gasteiger partial charge in [-0.15, -0.1) is 0 Å². The molecule has 38 heavy (non-hydrogen) atoms. The molecule has 4 unspecified atom stereocenters. The summed E-state index contributed by atoms with van der Waals surface area (Å²) in [6.07, 6.45) is 40.9. The van der Waals surface area contributed by atoms with Crippen LogP contribution in [0, 0.1) is 23.7 Å². The molecule has 1 aliphatic carbocycles. The maximum absolute atomic E-state index is 10.8. The van der Waals surface area contributed by atoms with Gasteiger partial charge in [-0.1, -0.05) is 148 Å². The molecule has 0 heterocycles. The lowest BCUT2D eigenvalue weighted by Crippen LogP contribution is -2.31. The van der Waals surface area contributed by atoms with Crippen LogP contribution in [0.4, 0.5) is 0 Å². The van der Waals surface area contributed by atoms with E-state index in [1.807, 2.05) is 0 Å². The maximum Gasteiger partial charge on any atom is 0.303 e. The van der Waals surface area contributed by atoms with E-state index in [2.05, 4.69) is 45.1 Å². The summed E-state index contributed by atoms with van der Waals surface area (Å²) in [5.41, 5.74) is 0. The summed E-state index contributed by atoms with van der Waals surface area (Å²) in [5.74, 6) is 2.53. The van der Waals surface area contributed by atoms with Crippen LogP contribution in [0.25, 0.3) is 0 Å². The monoisotopic (exact) mass is 531 g/mol. The first-order chi connectivity index (χ1) is 18.6. The summed E-state index contributed by atoms with van der Waals surface area (Å²) in [6.45, 7) is 6.93. The van der Waals surface area contributed by atoms with Crippen molar-refractivity contribution in [3.8, 4) is 0 Å². The summed E-state index contributed by atoms with van der Waals surface area (Å²) in [6, 6.07) is 0. The molecule has 0 aliphatic heterocycles. The first kappa shape index (κ1) is 35.0. The molecule has 0 fully saturated rings. The Morgan fingerprint density at radius 3 is 1.66 bits per heavy atom. The molecule has 4 atom stereocenters. The Labute approximate surface area is 238 Å². The maximum atomic E-state index is 10.8. The second-order valence-corrected chi connectivity index (χ2v) is 12.3. The zero-order chi connectivity index (χ0) is 27.7. The Kier molecular flexibility index (Phi) is 23.0. The topological polar surface area (TPSA) is 37.3 Å². The first-order valence-corrected chi connectivity index (χ1v) is 17.2. The van der Waals surface area contributed by atoms with E-state index >= 15 is 0 Å². The number of carbonyl (C=O) groups is 1. The summed E-state index contributed by atoms with van der Waals surface area (Å²) in [5, 5.41) is 8.88. The fourth-order valence-electron chi connectivity index (χ4n) is 6.64. The number of hydrogen-bond acceptors (Lipinski definition) is 1. The van der Waals surface area contributed by atoms with Crippen molar-refractivity contribution in [2.75, 3.05) is 0 Å². The fraction of sp³-hybridized carbons (Fsp3) is 0.861. The van der Waals surface area contributed by atoms with Gasteiger partial charge in [0.25, 0.3) is 0 Å². The number of rotatable bonds is 26. The van der Waals surface area contributed by atoms with Crippen LogP contribution >= 0.6 is 0 Å². The molecule has 0 aromatic carbocycles. The highest BCUT2D eigenvalue weighted by atomic mass is 16.4. The SMILES string of the molecule is CCCCC/C=C/CC1C(CCCCCC)C=CC(CCCCCCCC(=O)O)C1CCCCCCCC. The number of carboxylic acid groups (broad SMARTS) is 1. The van der Waals surface area contributed by atoms with Gasteiger partial charge in [-0.3, -0.25) is 4.79 Å². The van der Waals surface area contributed by atoms with Gasteiger partial charge in [-0.2, -0.15) is 0 Å². The molecule has 0 spiro atoms. The third-order valence-electron chi connectivity index (χ3n) is 9.01. The Morgan fingerprint density at radius 1 is 0.579 bits per heavy atom. The molecule has 0 aromatic rings. The van der Waals surface area contributed by atoms with Crippen molar-refractivity contribution in [1.29, 1.82) is 0 Å². The van der Waals surface area contributed by atoms with Gasteiger partial charge in [0.15, 0.2) is 0 Å². The summed E-state index contributed by atoms with van der Waals surface area (Å²) < 4.78 is 0. The van der Waals surface area contributed by atoms with Crippen LogP contribution < -0.4 is 0 Å². The van der Waals surface area contributed by atoms with Crippen LogP contribution in [0.15, 0.2) is 24.3 Å². The van der Waals surface area contributed by atoms with Crippen LogP contribution in [-0.2, 0) is 4.79 Å². The van der Waals surface area contributed by atoms with Crippen LogP contribution in [0.3, 0.4) is 0 Å². The quantitative estimate of drug-likeness (QED) is 0.0891. The van der Waals surface area contributed by atoms with E-state index in [0.29, 0.717) is 6.42 Å². The van der Waals surface area contributed by atoms with Crippen molar-refractivity contribution in [2.45, 2.75) is 175 Å². The zero-order valence-corrected chi connectivity index (χ0v) is 25.9. The van der Waals surface area contributed by atoms with Crippen LogP contribution in [-0.4, -0.2) is 11.1 Å². The molecule has 0 saturated heterocycles. The Morgan fingerprint density at radius 2 is 1.05 bits per heavy atom. The standard InChI is InChI=1S/C36H66O2/c1-4-7-10-13-17-22-27-34-32(25-20-12-9-6-3)30-31-33(26-21-16-15-19-24-29-36(37)38)35(34)28-23-18-14-11-8-5-2/h17,22,30-35H,4-16,18-21,23-29H2,1-3H3,(H,37,38)/b22-17+. The van der Waals surface area contributed by atoms with Gasteiger partial charge in [0.05, 0.1) is 0 Å². The van der Waals surface area contributed by atoms with E-state index in [4.69, 9.17) is 5.11 Å². The van der Waals surface area contributed by atoms with Gasteiger partial charge in [-0.05, 0) is 68.6 Å². The van der Waals surface area contributed by atoms with E-state index in [-0.39, 0.29) is 0 Å². The third-order valence-corrected chi connectivity index (χ3v) is 9.01. The van der Waals surface area contributed by atoms with Gasteiger partial charge < -0.3 is 5.11 Å². The molecule has 222 valence electrons. The minimum Gasteiger partial charge on any atom is -0.481 e. The van der Waals surface area contributed by atoms with E-state index in [0.717, 1.165) is 36.5 Å². The average molecular weight is 531 g/mol. The normalized spacial score (nSPS) is 21.4. The minimum atomic E-state index is -0.649. The molecule has 1 rings (SSSR count). The smallest absolute Gasteiger partial charge is 0.303 e. The Hall–Kier alpha value is -1.05. The molecule has 2 nitrogen and oxygen atoms in total. The second-order valence-electron chi connectivity index (χ2n) is 12.3. The largest absolute Gasteiger partial charge is 0.481 e. The summed E-state index contributed by atoms with van der Waals surface area (Å²) in [4.78, 5) is 10.8. The van der Waals surface area contributed by atoms with E-state index in [9.17, 15) is 4.79 Å². The Bertz CT molecular complexity index is 592. The van der Waals surface area contributed by atoms with Crippen molar-refractivity contribution in [3.63, 3.8) is 0 Å². The lowest BCUT2D eigenvalue weighted by atomic mass is 9.65. The van der Waals surface area contributed by atoms with Crippen molar-refractivity contribution in [3.05, 3.63) is 24.3 Å². The third kappa shape index (κ3) is 17.5. The average Bonchev–Trinajstić information content (AvgIpc) is 2.91. The van der Waals surface area contributed by atoms with Crippen molar-refractivity contribution < 1.29 is 9.90 Å². The predicted octanol–water partition coefficient (Wildman–Crippen LogP) is 12.1. The molecule has 0 radical (unpaired) electrons. The molecule has 0 aromatic heterocycles. The van der Waals surface area contributed by atoms with Gasteiger partial charge in [0, 0.05) is 6.42 Å². The number of allylic oxidation sites excluding steroid dienone is 4. The fourth-order valence-corrected chi connectivity index (χ4v) is 6.64. The van der Waals surface area contributed by atoms with Crippen molar-refractivity contribution in [2.24, 2.45) is 23.7 Å². The molecule has 1 N–H and O–H groups in total. The molecular formula is C36H66O2. The highest BCUT2D eigenvalue weighted by molar-refractivity contribution is 5.66. The van der Waals surface area contributed by atoms with Crippen molar-refractivity contribution >= 4 is 5.97 Å². The Balaban J connectivity index is 2.78. The molecule has 1 aliphatic rings. The van der Waals surface area contributed by atoms with Crippen LogP contribution in [0.5, 0.6) is 0 Å². The van der Waals surface area contributed by atoms with Gasteiger partial charge in [0.2, 0.25) is 0 Å². The van der Waals surface area contributed by atoms with E-state index in [1.54, 1.807) is 0 Å². The predicted molar refractivity (Wildman–Crippen MR) is 168 cm³/mol. The van der Waals surface area contributed by atoms with E-state index < -0.39 is 5.97 Å². The van der Waals surface area contributed by atoms with Gasteiger partial charge in [0.1, 0.15) is 0 Å². The number of aliphatic carboxylic acids is 1. The zero-order valence-electron chi connectivity index (χ0n) is 25.9. The van der Waals surface area contributed by atoms with Crippen LogP contribution in [0.1, 0.15) is 175 Å². The minimum absolute atomic E-state index is 0.332. The number of hydrogen-bond donors (Lipinski definition) is 1. The van der Waals surface area contributed by atoms with Crippen molar-refractivity contribution in [1.82, 2.24) is 0 Å². The van der Waals surface area contributed by atoms with Crippen LogP contribution in [0.2, 0.25) is 0 Å². The highest BCUT2D eigenvalue weighted by Crippen LogP contribution is 2.44. The lowest BCUT2D eigenvalue weighted by Gasteiger charge is -2.40. The molecular weight excluding hydrogens is 464 g/mol.